The van der Waals surface area contributed by atoms with Crippen molar-refractivity contribution in [1.29, 1.82) is 0 Å². The standard InChI is InChI=1S/C24H31N3O2.CH4/c25-22-8-4-5-9-23(22)26-24(28)19-10-12-20(13-11-19)29-21-14-15-27(17-21)16-18-6-2-1-3-7-18;/h4-5,8-13,18,21H,1-3,6-7,14-17,25H2,(H,26,28);1H4/t21-;/m1./s1. The summed E-state index contributed by atoms with van der Waals surface area (Å²) in [5.41, 5.74) is 7.66. The number of nitrogens with two attached hydrogens (primary N) is 1. The summed E-state index contributed by atoms with van der Waals surface area (Å²) in [5.74, 6) is 1.53. The van der Waals surface area contributed by atoms with E-state index in [1.54, 1.807) is 24.3 Å². The summed E-state index contributed by atoms with van der Waals surface area (Å²) in [6, 6.07) is 14.6. The van der Waals surface area contributed by atoms with Crippen molar-refractivity contribution < 1.29 is 9.53 Å². The van der Waals surface area contributed by atoms with Crippen molar-refractivity contribution in [2.75, 3.05) is 30.7 Å². The van der Waals surface area contributed by atoms with Gasteiger partial charge in [0.25, 0.3) is 5.91 Å². The maximum absolute atomic E-state index is 12.4. The summed E-state index contributed by atoms with van der Waals surface area (Å²) < 4.78 is 6.17. The van der Waals surface area contributed by atoms with E-state index in [0.717, 1.165) is 31.2 Å². The second-order valence-corrected chi connectivity index (χ2v) is 8.36. The van der Waals surface area contributed by atoms with E-state index in [4.69, 9.17) is 10.5 Å². The Morgan fingerprint density at radius 3 is 2.50 bits per heavy atom. The van der Waals surface area contributed by atoms with E-state index in [1.807, 2.05) is 24.3 Å². The van der Waals surface area contributed by atoms with Crippen LogP contribution in [0.1, 0.15) is 56.3 Å². The molecule has 1 atom stereocenters. The van der Waals surface area contributed by atoms with Gasteiger partial charge < -0.3 is 15.8 Å². The van der Waals surface area contributed by atoms with E-state index in [1.165, 1.54) is 38.6 Å². The van der Waals surface area contributed by atoms with Gasteiger partial charge in [-0.05, 0) is 61.6 Å². The molecule has 1 heterocycles. The molecule has 5 heteroatoms. The Hall–Kier alpha value is -2.53. The Balaban J connectivity index is 0.00000256. The number of anilines is 2. The molecule has 30 heavy (non-hydrogen) atoms. The average molecular weight is 410 g/mol. The molecular formula is C25H35N3O2. The van der Waals surface area contributed by atoms with Crippen LogP contribution in [0.25, 0.3) is 0 Å². The van der Waals surface area contributed by atoms with Crippen LogP contribution in [0.4, 0.5) is 11.4 Å². The molecule has 2 aromatic rings. The van der Waals surface area contributed by atoms with Crippen LogP contribution in [-0.2, 0) is 0 Å². The molecule has 2 aromatic carbocycles. The highest BCUT2D eigenvalue weighted by Crippen LogP contribution is 2.27. The number of amides is 1. The average Bonchev–Trinajstić information content (AvgIpc) is 3.17. The first-order chi connectivity index (χ1) is 14.2. The first-order valence-electron chi connectivity index (χ1n) is 10.8. The van der Waals surface area contributed by atoms with Gasteiger partial charge in [-0.15, -0.1) is 0 Å². The number of nitrogens with zero attached hydrogens (tertiary/aromatic N) is 1. The van der Waals surface area contributed by atoms with Crippen molar-refractivity contribution in [1.82, 2.24) is 4.90 Å². The summed E-state index contributed by atoms with van der Waals surface area (Å²) in [5, 5.41) is 2.85. The minimum atomic E-state index is -0.172. The second-order valence-electron chi connectivity index (χ2n) is 8.36. The lowest BCUT2D eigenvalue weighted by atomic mass is 9.89. The van der Waals surface area contributed by atoms with Crippen molar-refractivity contribution in [3.8, 4) is 5.75 Å². The first-order valence-corrected chi connectivity index (χ1v) is 10.8. The molecule has 1 aliphatic heterocycles. The third kappa shape index (κ3) is 5.76. The second kappa shape index (κ2) is 10.5. The molecule has 5 nitrogen and oxygen atoms in total. The zero-order valence-electron chi connectivity index (χ0n) is 17.0. The van der Waals surface area contributed by atoms with Gasteiger partial charge in [0.15, 0.2) is 0 Å². The Morgan fingerprint density at radius 2 is 1.77 bits per heavy atom. The van der Waals surface area contributed by atoms with Crippen molar-refractivity contribution in [2.45, 2.75) is 52.1 Å². The largest absolute Gasteiger partial charge is 0.489 e. The van der Waals surface area contributed by atoms with Gasteiger partial charge in [0.2, 0.25) is 0 Å². The molecule has 2 fully saturated rings. The van der Waals surface area contributed by atoms with E-state index in [0.29, 0.717) is 16.9 Å². The lowest BCUT2D eigenvalue weighted by Gasteiger charge is -2.26. The summed E-state index contributed by atoms with van der Waals surface area (Å²) in [6.45, 7) is 3.35. The SMILES string of the molecule is C.Nc1ccccc1NC(=O)c1ccc(O[C@@H]2CCN(CC3CCCCC3)C2)cc1. The fourth-order valence-corrected chi connectivity index (χ4v) is 4.48. The molecule has 162 valence electrons. The monoisotopic (exact) mass is 409 g/mol. The van der Waals surface area contributed by atoms with Crippen LogP contribution in [0.5, 0.6) is 5.75 Å². The van der Waals surface area contributed by atoms with Crippen LogP contribution in [-0.4, -0.2) is 36.5 Å². The molecule has 0 bridgehead atoms. The molecule has 1 aliphatic carbocycles. The zero-order valence-corrected chi connectivity index (χ0v) is 17.0. The van der Waals surface area contributed by atoms with Crippen molar-refractivity contribution in [2.24, 2.45) is 5.92 Å². The van der Waals surface area contributed by atoms with E-state index in [2.05, 4.69) is 10.2 Å². The highest BCUT2D eigenvalue weighted by atomic mass is 16.5. The molecule has 4 rings (SSSR count). The van der Waals surface area contributed by atoms with Crippen LogP contribution in [0.2, 0.25) is 0 Å². The van der Waals surface area contributed by atoms with Crippen molar-refractivity contribution in [3.63, 3.8) is 0 Å². The van der Waals surface area contributed by atoms with Gasteiger partial charge in [-0.25, -0.2) is 0 Å². The van der Waals surface area contributed by atoms with Crippen LogP contribution >= 0.6 is 0 Å². The van der Waals surface area contributed by atoms with Gasteiger partial charge in [0.1, 0.15) is 11.9 Å². The lowest BCUT2D eigenvalue weighted by molar-refractivity contribution is 0.102. The van der Waals surface area contributed by atoms with Gasteiger partial charge in [0.05, 0.1) is 11.4 Å². The number of para-hydroxylation sites is 2. The Labute approximate surface area is 180 Å². The molecule has 0 unspecified atom stereocenters. The number of nitrogen functional groups attached to an aromatic ring is 1. The van der Waals surface area contributed by atoms with E-state index in [-0.39, 0.29) is 19.4 Å². The molecule has 2 aliphatic rings. The summed E-state index contributed by atoms with van der Waals surface area (Å²) >= 11 is 0. The topological polar surface area (TPSA) is 67.6 Å². The number of benzene rings is 2. The summed E-state index contributed by atoms with van der Waals surface area (Å²) in [4.78, 5) is 15.0. The van der Waals surface area contributed by atoms with Crippen LogP contribution in [0, 0.1) is 5.92 Å². The smallest absolute Gasteiger partial charge is 0.255 e. The van der Waals surface area contributed by atoms with Gasteiger partial charge in [-0.3, -0.25) is 9.69 Å². The van der Waals surface area contributed by atoms with Crippen LogP contribution < -0.4 is 15.8 Å². The normalized spacial score (nSPS) is 19.8. The highest BCUT2D eigenvalue weighted by molar-refractivity contribution is 6.05. The third-order valence-corrected chi connectivity index (χ3v) is 6.10. The van der Waals surface area contributed by atoms with Crippen LogP contribution in [0.15, 0.2) is 48.5 Å². The number of carbonyl (C=O) groups is 1. The molecule has 1 amide bonds. The first kappa shape index (κ1) is 22.2. The van der Waals surface area contributed by atoms with Gasteiger partial charge >= 0.3 is 0 Å². The molecule has 1 saturated heterocycles. The maximum atomic E-state index is 12.4. The third-order valence-electron chi connectivity index (χ3n) is 6.10. The number of hydrogen-bond donors (Lipinski definition) is 2. The Morgan fingerprint density at radius 1 is 1.03 bits per heavy atom. The molecule has 1 saturated carbocycles. The zero-order chi connectivity index (χ0) is 20.1. The number of rotatable bonds is 6. The molecule has 0 radical (unpaired) electrons. The van der Waals surface area contributed by atoms with Crippen LogP contribution in [0.3, 0.4) is 0 Å². The molecule has 3 N–H and O–H groups in total. The summed E-state index contributed by atoms with van der Waals surface area (Å²) in [7, 11) is 0. The number of ether oxygens (including phenoxy) is 1. The van der Waals surface area contributed by atoms with Gasteiger partial charge in [-0.1, -0.05) is 38.8 Å². The molecule has 0 aromatic heterocycles. The lowest BCUT2D eigenvalue weighted by Crippen LogP contribution is -2.30. The van der Waals surface area contributed by atoms with Gasteiger partial charge in [-0.2, -0.15) is 0 Å². The predicted molar refractivity (Wildman–Crippen MR) is 124 cm³/mol. The quantitative estimate of drug-likeness (QED) is 0.644. The minimum Gasteiger partial charge on any atom is -0.489 e. The maximum Gasteiger partial charge on any atom is 0.255 e. The predicted octanol–water partition coefficient (Wildman–Crippen LogP) is 5.19. The van der Waals surface area contributed by atoms with Crippen molar-refractivity contribution in [3.05, 3.63) is 54.1 Å². The molecule has 0 spiro atoms. The molecular weight excluding hydrogens is 374 g/mol. The number of nitrogens with one attached hydrogen (secondary N) is 1. The van der Waals surface area contributed by atoms with E-state index < -0.39 is 0 Å². The fourth-order valence-electron chi connectivity index (χ4n) is 4.48. The Bertz CT molecular complexity index is 815. The fraction of sp³-hybridized carbons (Fsp3) is 0.480. The Kier molecular flexibility index (Phi) is 7.75. The number of carbonyl (C=O) groups excluding carboxylic acids is 1. The number of likely N-dealkylation sites (tertiary alicyclic amines) is 1. The van der Waals surface area contributed by atoms with E-state index >= 15 is 0 Å². The highest BCUT2D eigenvalue weighted by Gasteiger charge is 2.26. The number of hydrogen-bond acceptors (Lipinski definition) is 4. The summed E-state index contributed by atoms with van der Waals surface area (Å²) in [6.07, 6.45) is 8.30. The van der Waals surface area contributed by atoms with Crippen molar-refractivity contribution >= 4 is 17.3 Å². The van der Waals surface area contributed by atoms with E-state index in [9.17, 15) is 4.79 Å². The minimum absolute atomic E-state index is 0. The van der Waals surface area contributed by atoms with Gasteiger partial charge in [0, 0.05) is 25.2 Å².